The highest BCUT2D eigenvalue weighted by Crippen LogP contribution is 2.34. The molecular formula is C30H27N7O4. The monoisotopic (exact) mass is 549 g/mol. The Labute approximate surface area is 235 Å². The van der Waals surface area contributed by atoms with Gasteiger partial charge in [0.05, 0.1) is 12.7 Å². The molecule has 0 saturated heterocycles. The van der Waals surface area contributed by atoms with Crippen LogP contribution in [-0.2, 0) is 0 Å². The van der Waals surface area contributed by atoms with Crippen LogP contribution in [0.3, 0.4) is 0 Å². The number of nitrogens with two attached hydrogens (primary N) is 1. The SMILES string of the molecule is COc1cccc(Oc2cccc(NC(=O)Nc3ccc(-c4c(C(=O)NC5CC5)cn5ncnc(N)c45)cc3)c2)c1. The lowest BCUT2D eigenvalue weighted by Gasteiger charge is -2.11. The number of ether oxygens (including phenoxy) is 2. The van der Waals surface area contributed by atoms with Crippen molar-refractivity contribution in [3.05, 3.63) is 90.9 Å². The van der Waals surface area contributed by atoms with Crippen molar-refractivity contribution in [2.24, 2.45) is 0 Å². The second-order valence-electron chi connectivity index (χ2n) is 9.57. The van der Waals surface area contributed by atoms with Gasteiger partial charge in [-0.05, 0) is 54.8 Å². The number of nitrogens with one attached hydrogen (secondary N) is 3. The van der Waals surface area contributed by atoms with Crippen LogP contribution >= 0.6 is 0 Å². The zero-order valence-electron chi connectivity index (χ0n) is 22.1. The van der Waals surface area contributed by atoms with Gasteiger partial charge in [0.1, 0.15) is 29.1 Å². The third-order valence-corrected chi connectivity index (χ3v) is 6.56. The molecule has 2 heterocycles. The largest absolute Gasteiger partial charge is 0.497 e. The Kier molecular flexibility index (Phi) is 6.82. The molecule has 6 rings (SSSR count). The third-order valence-electron chi connectivity index (χ3n) is 6.56. The fourth-order valence-electron chi connectivity index (χ4n) is 4.44. The smallest absolute Gasteiger partial charge is 0.323 e. The van der Waals surface area contributed by atoms with E-state index in [1.54, 1.807) is 60.3 Å². The van der Waals surface area contributed by atoms with Crippen LogP contribution in [0.4, 0.5) is 22.0 Å². The molecule has 0 spiro atoms. The van der Waals surface area contributed by atoms with E-state index < -0.39 is 6.03 Å². The predicted molar refractivity (Wildman–Crippen MR) is 155 cm³/mol. The lowest BCUT2D eigenvalue weighted by Crippen LogP contribution is -2.25. The molecule has 3 aromatic carbocycles. The van der Waals surface area contributed by atoms with Gasteiger partial charge in [-0.15, -0.1) is 0 Å². The molecule has 11 nitrogen and oxygen atoms in total. The van der Waals surface area contributed by atoms with Crippen LogP contribution < -0.4 is 31.2 Å². The highest BCUT2D eigenvalue weighted by Gasteiger charge is 2.27. The van der Waals surface area contributed by atoms with Gasteiger partial charge < -0.3 is 31.2 Å². The molecule has 0 radical (unpaired) electrons. The summed E-state index contributed by atoms with van der Waals surface area (Å²) in [6.45, 7) is 0. The molecule has 0 bridgehead atoms. The second-order valence-corrected chi connectivity index (χ2v) is 9.57. The van der Waals surface area contributed by atoms with Gasteiger partial charge in [0.25, 0.3) is 5.91 Å². The fraction of sp³-hybridized carbons (Fsp3) is 0.133. The summed E-state index contributed by atoms with van der Waals surface area (Å²) in [6, 6.07) is 21.2. The first-order valence-electron chi connectivity index (χ1n) is 13.0. The van der Waals surface area contributed by atoms with Gasteiger partial charge in [-0.1, -0.05) is 24.3 Å². The van der Waals surface area contributed by atoms with Crippen molar-refractivity contribution in [2.75, 3.05) is 23.5 Å². The summed E-state index contributed by atoms with van der Waals surface area (Å²) in [6.07, 6.45) is 4.95. The van der Waals surface area contributed by atoms with E-state index in [9.17, 15) is 9.59 Å². The molecule has 0 aliphatic heterocycles. The Hall–Kier alpha value is -5.58. The van der Waals surface area contributed by atoms with E-state index in [-0.39, 0.29) is 17.8 Å². The van der Waals surface area contributed by atoms with E-state index in [4.69, 9.17) is 15.2 Å². The second kappa shape index (κ2) is 10.9. The first-order valence-corrected chi connectivity index (χ1v) is 13.0. The van der Waals surface area contributed by atoms with E-state index in [1.165, 1.54) is 6.33 Å². The number of carbonyl (C=O) groups is 2. The van der Waals surface area contributed by atoms with Crippen molar-refractivity contribution in [1.82, 2.24) is 19.9 Å². The molecule has 206 valence electrons. The summed E-state index contributed by atoms with van der Waals surface area (Å²) in [5.74, 6) is 1.93. The van der Waals surface area contributed by atoms with Gasteiger partial charge in [0.2, 0.25) is 0 Å². The maximum Gasteiger partial charge on any atom is 0.323 e. The highest BCUT2D eigenvalue weighted by molar-refractivity contribution is 6.07. The van der Waals surface area contributed by atoms with Crippen LogP contribution in [0.2, 0.25) is 0 Å². The summed E-state index contributed by atoms with van der Waals surface area (Å²) in [7, 11) is 1.59. The topological polar surface area (TPSA) is 145 Å². The van der Waals surface area contributed by atoms with Crippen LogP contribution in [0.1, 0.15) is 23.2 Å². The van der Waals surface area contributed by atoms with Crippen LogP contribution in [0.25, 0.3) is 16.6 Å². The highest BCUT2D eigenvalue weighted by atomic mass is 16.5. The average molecular weight is 550 g/mol. The Morgan fingerprint density at radius 2 is 1.63 bits per heavy atom. The number of nitrogen functional groups attached to an aromatic ring is 1. The van der Waals surface area contributed by atoms with Gasteiger partial charge >= 0.3 is 6.03 Å². The first kappa shape index (κ1) is 25.7. The molecule has 0 atom stereocenters. The number of benzene rings is 3. The number of carbonyl (C=O) groups excluding carboxylic acids is 2. The van der Waals surface area contributed by atoms with Gasteiger partial charge in [-0.2, -0.15) is 5.10 Å². The van der Waals surface area contributed by atoms with E-state index in [0.29, 0.717) is 45.3 Å². The number of urea groups is 1. The van der Waals surface area contributed by atoms with Gasteiger partial charge in [-0.25, -0.2) is 14.3 Å². The number of methoxy groups -OCH3 is 1. The minimum absolute atomic E-state index is 0.188. The van der Waals surface area contributed by atoms with Crippen molar-refractivity contribution >= 4 is 34.6 Å². The summed E-state index contributed by atoms with van der Waals surface area (Å²) < 4.78 is 12.7. The zero-order chi connectivity index (χ0) is 28.3. The Balaban J connectivity index is 1.17. The van der Waals surface area contributed by atoms with Crippen LogP contribution in [0.15, 0.2) is 85.3 Å². The molecule has 1 fully saturated rings. The van der Waals surface area contributed by atoms with Crippen molar-refractivity contribution < 1.29 is 19.1 Å². The zero-order valence-corrected chi connectivity index (χ0v) is 22.1. The van der Waals surface area contributed by atoms with Gasteiger partial charge in [-0.3, -0.25) is 4.79 Å². The Bertz CT molecular complexity index is 1750. The maximum atomic E-state index is 13.0. The van der Waals surface area contributed by atoms with E-state index in [1.807, 2.05) is 30.3 Å². The number of aromatic nitrogens is 3. The number of fused-ring (bicyclic) bond motifs is 1. The molecule has 0 unspecified atom stereocenters. The minimum Gasteiger partial charge on any atom is -0.497 e. The fourth-order valence-corrected chi connectivity index (χ4v) is 4.44. The summed E-state index contributed by atoms with van der Waals surface area (Å²) in [4.78, 5) is 29.9. The van der Waals surface area contributed by atoms with Gasteiger partial charge in [0, 0.05) is 41.3 Å². The molecule has 1 saturated carbocycles. The van der Waals surface area contributed by atoms with Crippen molar-refractivity contribution in [2.45, 2.75) is 18.9 Å². The lowest BCUT2D eigenvalue weighted by molar-refractivity contribution is 0.0951. The molecule has 5 aromatic rings. The van der Waals surface area contributed by atoms with Crippen molar-refractivity contribution in [1.29, 1.82) is 0 Å². The molecule has 41 heavy (non-hydrogen) atoms. The minimum atomic E-state index is -0.423. The predicted octanol–water partition coefficient (Wildman–Crippen LogP) is 5.32. The number of nitrogens with zero attached hydrogens (tertiary/aromatic N) is 3. The number of hydrogen-bond donors (Lipinski definition) is 4. The van der Waals surface area contributed by atoms with Crippen LogP contribution in [-0.4, -0.2) is 39.7 Å². The van der Waals surface area contributed by atoms with E-state index >= 15 is 0 Å². The quantitative estimate of drug-likeness (QED) is 0.205. The first-order chi connectivity index (χ1) is 20.0. The molecule has 1 aliphatic carbocycles. The number of anilines is 3. The summed E-state index contributed by atoms with van der Waals surface area (Å²) >= 11 is 0. The molecule has 11 heteroatoms. The van der Waals surface area contributed by atoms with Crippen molar-refractivity contribution in [3.63, 3.8) is 0 Å². The van der Waals surface area contributed by atoms with Crippen LogP contribution in [0.5, 0.6) is 17.2 Å². The summed E-state index contributed by atoms with van der Waals surface area (Å²) in [5, 5.41) is 12.9. The van der Waals surface area contributed by atoms with E-state index in [2.05, 4.69) is 26.0 Å². The van der Waals surface area contributed by atoms with Gasteiger partial charge in [0.15, 0.2) is 5.82 Å². The normalized spacial score (nSPS) is 12.5. The molecule has 2 aromatic heterocycles. The number of hydrogen-bond acceptors (Lipinski definition) is 7. The standard InChI is InChI=1S/C30H27N7O4/c1-40-22-5-3-7-24(15-22)41-23-6-2-4-21(14-23)36-30(39)35-20-10-8-18(9-11-20)26-25(29(38)34-19-12-13-19)16-37-27(26)28(31)32-17-33-37/h2-11,14-17,19H,12-13H2,1H3,(H,34,38)(H2,31,32,33)(H2,35,36,39). The number of rotatable bonds is 8. The maximum absolute atomic E-state index is 13.0. The average Bonchev–Trinajstić information content (AvgIpc) is 3.69. The molecule has 3 amide bonds. The van der Waals surface area contributed by atoms with Crippen LogP contribution in [0, 0.1) is 0 Å². The lowest BCUT2D eigenvalue weighted by atomic mass is 10.0. The molecule has 1 aliphatic rings. The number of amides is 3. The third kappa shape index (κ3) is 5.74. The molecule has 5 N–H and O–H groups in total. The summed E-state index contributed by atoms with van der Waals surface area (Å²) in [5.41, 5.74) is 9.66. The Morgan fingerprint density at radius 3 is 2.39 bits per heavy atom. The Morgan fingerprint density at radius 1 is 0.927 bits per heavy atom. The van der Waals surface area contributed by atoms with Crippen molar-refractivity contribution in [3.8, 4) is 28.4 Å². The van der Waals surface area contributed by atoms with E-state index in [0.717, 1.165) is 18.4 Å². The molecular weight excluding hydrogens is 522 g/mol.